The summed E-state index contributed by atoms with van der Waals surface area (Å²) in [5.41, 5.74) is 1.80. The number of amides is 3. The minimum absolute atomic E-state index is 0.103. The van der Waals surface area contributed by atoms with Gasteiger partial charge >= 0.3 is 5.97 Å². The first-order valence-corrected chi connectivity index (χ1v) is 10.9. The third kappa shape index (κ3) is 4.15. The summed E-state index contributed by atoms with van der Waals surface area (Å²) in [5.74, 6) is -1.57. The topological polar surface area (TPSA) is 92.8 Å². The van der Waals surface area contributed by atoms with Crippen LogP contribution in [0.1, 0.15) is 69.2 Å². The molecule has 1 aliphatic carbocycles. The van der Waals surface area contributed by atoms with E-state index in [1.807, 2.05) is 19.1 Å². The molecule has 0 radical (unpaired) electrons. The van der Waals surface area contributed by atoms with E-state index in [2.05, 4.69) is 12.2 Å². The molecule has 2 aromatic carbocycles. The number of benzene rings is 2. The van der Waals surface area contributed by atoms with Crippen molar-refractivity contribution in [2.24, 2.45) is 5.92 Å². The number of hydrogen-bond acceptors (Lipinski definition) is 5. The largest absolute Gasteiger partial charge is 0.452 e. The molecule has 0 saturated heterocycles. The Morgan fingerprint density at radius 2 is 1.75 bits per heavy atom. The molecular formula is C25H26N2O5. The number of ether oxygens (including phenoxy) is 1. The van der Waals surface area contributed by atoms with Gasteiger partial charge in [-0.05, 0) is 55.5 Å². The summed E-state index contributed by atoms with van der Waals surface area (Å²) in [5, 5.41) is 2.94. The highest BCUT2D eigenvalue weighted by molar-refractivity contribution is 6.34. The van der Waals surface area contributed by atoms with Gasteiger partial charge in [-0.2, -0.15) is 0 Å². The summed E-state index contributed by atoms with van der Waals surface area (Å²) < 4.78 is 5.16. The number of esters is 1. The molecule has 0 bridgehead atoms. The molecular weight excluding hydrogens is 408 g/mol. The molecule has 32 heavy (non-hydrogen) atoms. The molecule has 166 valence electrons. The number of imide groups is 1. The van der Waals surface area contributed by atoms with Gasteiger partial charge in [-0.1, -0.05) is 38.0 Å². The molecule has 2 atom stereocenters. The maximum atomic E-state index is 12.9. The Balaban J connectivity index is 1.43. The van der Waals surface area contributed by atoms with Gasteiger partial charge in [0.2, 0.25) is 0 Å². The van der Waals surface area contributed by atoms with Crippen LogP contribution in [0.15, 0.2) is 42.5 Å². The third-order valence-corrected chi connectivity index (χ3v) is 6.27. The lowest BCUT2D eigenvalue weighted by Crippen LogP contribution is -2.42. The summed E-state index contributed by atoms with van der Waals surface area (Å²) in [7, 11) is 0. The van der Waals surface area contributed by atoms with Crippen LogP contribution in [0.2, 0.25) is 0 Å². The molecule has 1 fully saturated rings. The van der Waals surface area contributed by atoms with E-state index in [-0.39, 0.29) is 35.2 Å². The van der Waals surface area contributed by atoms with Crippen LogP contribution in [0.5, 0.6) is 0 Å². The molecule has 1 saturated carbocycles. The summed E-state index contributed by atoms with van der Waals surface area (Å²) >= 11 is 0. The van der Waals surface area contributed by atoms with E-state index in [0.717, 1.165) is 29.7 Å². The van der Waals surface area contributed by atoms with Gasteiger partial charge in [0.05, 0.1) is 22.4 Å². The number of hydrogen-bond donors (Lipinski definition) is 1. The van der Waals surface area contributed by atoms with Gasteiger partial charge in [0.1, 0.15) is 0 Å². The molecule has 0 unspecified atom stereocenters. The normalized spacial score (nSPS) is 20.1. The highest BCUT2D eigenvalue weighted by Crippen LogP contribution is 2.31. The van der Waals surface area contributed by atoms with Crippen molar-refractivity contribution in [1.82, 2.24) is 5.32 Å². The second-order valence-corrected chi connectivity index (χ2v) is 8.50. The van der Waals surface area contributed by atoms with Gasteiger partial charge in [0.25, 0.3) is 17.7 Å². The van der Waals surface area contributed by atoms with E-state index in [1.165, 1.54) is 24.6 Å². The Bertz CT molecular complexity index is 1090. The Kier molecular flexibility index (Phi) is 6.08. The fraction of sp³-hybridized carbons (Fsp3) is 0.360. The van der Waals surface area contributed by atoms with Crippen molar-refractivity contribution in [1.29, 1.82) is 0 Å². The van der Waals surface area contributed by atoms with Gasteiger partial charge in [0, 0.05) is 6.04 Å². The van der Waals surface area contributed by atoms with Crippen LogP contribution in [0.3, 0.4) is 0 Å². The monoisotopic (exact) mass is 434 g/mol. The van der Waals surface area contributed by atoms with Crippen molar-refractivity contribution in [2.45, 2.75) is 45.6 Å². The molecule has 2 aliphatic rings. The van der Waals surface area contributed by atoms with E-state index in [1.54, 1.807) is 12.1 Å². The fourth-order valence-corrected chi connectivity index (χ4v) is 4.39. The summed E-state index contributed by atoms with van der Waals surface area (Å²) in [6, 6.07) is 11.5. The average molecular weight is 434 g/mol. The molecule has 3 amide bonds. The summed E-state index contributed by atoms with van der Waals surface area (Å²) in [4.78, 5) is 51.6. The highest BCUT2D eigenvalue weighted by Gasteiger charge is 2.37. The predicted molar refractivity (Wildman–Crippen MR) is 119 cm³/mol. The lowest BCUT2D eigenvalue weighted by Gasteiger charge is -2.29. The molecule has 1 heterocycles. The summed E-state index contributed by atoms with van der Waals surface area (Å²) in [6.07, 6.45) is 4.26. The third-order valence-electron chi connectivity index (χ3n) is 6.27. The number of anilines is 1. The predicted octanol–water partition coefficient (Wildman–Crippen LogP) is 3.65. The van der Waals surface area contributed by atoms with Crippen LogP contribution < -0.4 is 10.2 Å². The van der Waals surface area contributed by atoms with Crippen molar-refractivity contribution >= 4 is 29.4 Å². The molecule has 4 rings (SSSR count). The van der Waals surface area contributed by atoms with E-state index < -0.39 is 17.8 Å². The van der Waals surface area contributed by atoms with Crippen LogP contribution in [0, 0.1) is 12.8 Å². The molecule has 0 aromatic heterocycles. The van der Waals surface area contributed by atoms with Crippen LogP contribution in [0.4, 0.5) is 5.69 Å². The number of nitrogens with one attached hydrogen (secondary N) is 1. The van der Waals surface area contributed by atoms with Gasteiger partial charge in [0.15, 0.2) is 6.61 Å². The number of aryl methyl sites for hydroxylation is 1. The number of rotatable bonds is 5. The van der Waals surface area contributed by atoms with E-state index in [0.29, 0.717) is 11.6 Å². The first-order valence-electron chi connectivity index (χ1n) is 10.9. The SMILES string of the molecule is Cc1ccccc1N1C(=O)c2ccc(C(=O)OCC(=O)N[C@@H]3CCCC[C@H]3C)cc2C1=O. The second-order valence-electron chi connectivity index (χ2n) is 8.50. The van der Waals surface area contributed by atoms with Crippen molar-refractivity contribution < 1.29 is 23.9 Å². The van der Waals surface area contributed by atoms with Crippen molar-refractivity contribution in [3.8, 4) is 0 Å². The highest BCUT2D eigenvalue weighted by atomic mass is 16.5. The Morgan fingerprint density at radius 1 is 1.03 bits per heavy atom. The fourth-order valence-electron chi connectivity index (χ4n) is 4.39. The molecule has 0 spiro atoms. The van der Waals surface area contributed by atoms with Gasteiger partial charge in [-0.15, -0.1) is 0 Å². The van der Waals surface area contributed by atoms with E-state index >= 15 is 0 Å². The lowest BCUT2D eigenvalue weighted by atomic mass is 9.86. The lowest BCUT2D eigenvalue weighted by molar-refractivity contribution is -0.125. The maximum Gasteiger partial charge on any atom is 0.338 e. The Hall–Kier alpha value is -3.48. The first kappa shape index (κ1) is 21.7. The zero-order valence-corrected chi connectivity index (χ0v) is 18.2. The standard InChI is InChI=1S/C25H26N2O5/c1-15-7-3-5-9-20(15)26-22(28)14-32-25(31)17-11-12-18-19(13-17)24(30)27(23(18)29)21-10-6-4-8-16(21)2/h4,6,8,10-13,15,20H,3,5,7,9,14H2,1-2H3,(H,26,28)/t15-,20-/m1/s1. The van der Waals surface area contributed by atoms with E-state index in [4.69, 9.17) is 4.74 Å². The molecule has 7 heteroatoms. The van der Waals surface area contributed by atoms with Crippen molar-refractivity contribution in [2.75, 3.05) is 11.5 Å². The van der Waals surface area contributed by atoms with Gasteiger partial charge < -0.3 is 10.1 Å². The number of carbonyl (C=O) groups is 4. The second kappa shape index (κ2) is 8.94. The molecule has 1 aliphatic heterocycles. The number of nitrogens with zero attached hydrogens (tertiary/aromatic N) is 1. The average Bonchev–Trinajstić information content (AvgIpc) is 3.03. The first-order chi connectivity index (χ1) is 15.4. The number of para-hydroxylation sites is 1. The van der Waals surface area contributed by atoms with Crippen LogP contribution >= 0.6 is 0 Å². The summed E-state index contributed by atoms with van der Waals surface area (Å²) in [6.45, 7) is 3.54. The Labute approximate surface area is 186 Å². The van der Waals surface area contributed by atoms with Crippen LogP contribution in [0.25, 0.3) is 0 Å². The Morgan fingerprint density at radius 3 is 2.50 bits per heavy atom. The quantitative estimate of drug-likeness (QED) is 0.573. The van der Waals surface area contributed by atoms with Crippen molar-refractivity contribution in [3.63, 3.8) is 0 Å². The zero-order valence-electron chi connectivity index (χ0n) is 18.2. The van der Waals surface area contributed by atoms with Crippen LogP contribution in [-0.2, 0) is 9.53 Å². The van der Waals surface area contributed by atoms with Crippen LogP contribution in [-0.4, -0.2) is 36.3 Å². The molecule has 1 N–H and O–H groups in total. The zero-order chi connectivity index (χ0) is 22.8. The maximum absolute atomic E-state index is 12.9. The van der Waals surface area contributed by atoms with Crippen molar-refractivity contribution in [3.05, 3.63) is 64.7 Å². The van der Waals surface area contributed by atoms with Gasteiger partial charge in [-0.25, -0.2) is 9.69 Å². The number of fused-ring (bicyclic) bond motifs is 1. The van der Waals surface area contributed by atoms with Gasteiger partial charge in [-0.3, -0.25) is 14.4 Å². The molecule has 2 aromatic rings. The molecule has 7 nitrogen and oxygen atoms in total. The minimum atomic E-state index is -0.714. The number of carbonyl (C=O) groups excluding carboxylic acids is 4. The van der Waals surface area contributed by atoms with E-state index in [9.17, 15) is 19.2 Å². The minimum Gasteiger partial charge on any atom is -0.452 e. The smallest absolute Gasteiger partial charge is 0.338 e.